The fourth-order valence-electron chi connectivity index (χ4n) is 2.17. The van der Waals surface area contributed by atoms with E-state index in [-0.39, 0.29) is 16.6 Å². The van der Waals surface area contributed by atoms with Crippen LogP contribution in [-0.4, -0.2) is 16.9 Å². The van der Waals surface area contributed by atoms with Gasteiger partial charge in [0.15, 0.2) is 0 Å². The Hall–Kier alpha value is -1.85. The Morgan fingerprint density at radius 3 is 2.52 bits per heavy atom. The van der Waals surface area contributed by atoms with Gasteiger partial charge in [0.05, 0.1) is 0 Å². The molecule has 0 aliphatic rings. The SMILES string of the molecule is CN(Cc1cc(F)cc(C(N)=S)c1)Cc1ccccc1F. The highest BCUT2D eigenvalue weighted by atomic mass is 32.1. The Kier molecular flexibility index (Phi) is 4.98. The maximum Gasteiger partial charge on any atom is 0.127 e. The lowest BCUT2D eigenvalue weighted by molar-refractivity contribution is 0.313. The van der Waals surface area contributed by atoms with Crippen molar-refractivity contribution in [2.24, 2.45) is 5.73 Å². The second-order valence-electron chi connectivity index (χ2n) is 4.98. The van der Waals surface area contributed by atoms with Crippen LogP contribution in [0.2, 0.25) is 0 Å². The molecule has 2 nitrogen and oxygen atoms in total. The normalized spacial score (nSPS) is 10.9. The summed E-state index contributed by atoms with van der Waals surface area (Å²) in [5.41, 5.74) is 7.38. The molecule has 21 heavy (non-hydrogen) atoms. The van der Waals surface area contributed by atoms with Gasteiger partial charge in [0.25, 0.3) is 0 Å². The van der Waals surface area contributed by atoms with E-state index >= 15 is 0 Å². The summed E-state index contributed by atoms with van der Waals surface area (Å²) in [7, 11) is 1.85. The van der Waals surface area contributed by atoms with E-state index in [1.54, 1.807) is 24.3 Å². The minimum atomic E-state index is -0.380. The van der Waals surface area contributed by atoms with Crippen molar-refractivity contribution >= 4 is 17.2 Å². The molecule has 0 unspecified atom stereocenters. The van der Waals surface area contributed by atoms with Gasteiger partial charge in [0.2, 0.25) is 0 Å². The van der Waals surface area contributed by atoms with E-state index in [0.717, 1.165) is 5.56 Å². The van der Waals surface area contributed by atoms with E-state index in [2.05, 4.69) is 0 Å². The number of hydrogen-bond acceptors (Lipinski definition) is 2. The van der Waals surface area contributed by atoms with E-state index in [4.69, 9.17) is 18.0 Å². The molecule has 0 aromatic heterocycles. The van der Waals surface area contributed by atoms with Gasteiger partial charge in [-0.1, -0.05) is 30.4 Å². The van der Waals surface area contributed by atoms with Crippen LogP contribution in [0, 0.1) is 11.6 Å². The maximum absolute atomic E-state index is 13.6. The Morgan fingerprint density at radius 1 is 1.14 bits per heavy atom. The Morgan fingerprint density at radius 2 is 1.86 bits per heavy atom. The Balaban J connectivity index is 2.11. The molecule has 0 aliphatic carbocycles. The fraction of sp³-hybridized carbons (Fsp3) is 0.188. The predicted molar refractivity (Wildman–Crippen MR) is 83.9 cm³/mol. The quantitative estimate of drug-likeness (QED) is 0.860. The molecular weight excluding hydrogens is 290 g/mol. The number of nitrogens with two attached hydrogens (primary N) is 1. The van der Waals surface area contributed by atoms with Crippen molar-refractivity contribution in [1.29, 1.82) is 0 Å². The molecule has 110 valence electrons. The number of nitrogens with zero attached hydrogens (tertiary/aromatic N) is 1. The van der Waals surface area contributed by atoms with Crippen molar-refractivity contribution in [2.75, 3.05) is 7.05 Å². The topological polar surface area (TPSA) is 29.3 Å². The standard InChI is InChI=1S/C16H16F2N2S/c1-20(10-12-4-2-3-5-15(12)18)9-11-6-13(16(19)21)8-14(17)7-11/h2-8H,9-10H2,1H3,(H2,19,21). The number of hydrogen-bond donors (Lipinski definition) is 1. The summed E-state index contributed by atoms with van der Waals surface area (Å²) in [4.78, 5) is 2.06. The van der Waals surface area contributed by atoms with Gasteiger partial charge in [-0.25, -0.2) is 8.78 Å². The molecule has 0 saturated carbocycles. The van der Waals surface area contributed by atoms with Crippen LogP contribution in [0.4, 0.5) is 8.78 Å². The summed E-state index contributed by atoms with van der Waals surface area (Å²) in [6, 6.07) is 11.1. The second-order valence-corrected chi connectivity index (χ2v) is 5.42. The average Bonchev–Trinajstić information content (AvgIpc) is 2.40. The van der Waals surface area contributed by atoms with Crippen LogP contribution in [-0.2, 0) is 13.1 Å². The molecule has 0 saturated heterocycles. The first kappa shape index (κ1) is 15.5. The fourth-order valence-corrected chi connectivity index (χ4v) is 2.29. The number of rotatable bonds is 5. The van der Waals surface area contributed by atoms with Gasteiger partial charge in [0, 0.05) is 24.2 Å². The molecular formula is C16H16F2N2S. The molecule has 0 bridgehead atoms. The lowest BCUT2D eigenvalue weighted by Crippen LogP contribution is -2.19. The molecule has 2 rings (SSSR count). The van der Waals surface area contributed by atoms with Crippen LogP contribution in [0.3, 0.4) is 0 Å². The highest BCUT2D eigenvalue weighted by Crippen LogP contribution is 2.14. The van der Waals surface area contributed by atoms with Crippen LogP contribution in [0.15, 0.2) is 42.5 Å². The first-order valence-corrected chi connectivity index (χ1v) is 6.88. The van der Waals surface area contributed by atoms with Crippen molar-refractivity contribution in [1.82, 2.24) is 4.90 Å². The Labute approximate surface area is 128 Å². The van der Waals surface area contributed by atoms with Gasteiger partial charge < -0.3 is 5.73 Å². The van der Waals surface area contributed by atoms with Crippen molar-refractivity contribution in [2.45, 2.75) is 13.1 Å². The minimum Gasteiger partial charge on any atom is -0.389 e. The molecule has 0 heterocycles. The third-order valence-electron chi connectivity index (χ3n) is 3.09. The van der Waals surface area contributed by atoms with Crippen LogP contribution in [0.1, 0.15) is 16.7 Å². The molecule has 5 heteroatoms. The molecule has 0 atom stereocenters. The smallest absolute Gasteiger partial charge is 0.127 e. The molecule has 2 N–H and O–H groups in total. The molecule has 0 radical (unpaired) electrons. The molecule has 0 amide bonds. The third kappa shape index (κ3) is 4.31. The summed E-state index contributed by atoms with van der Waals surface area (Å²) < 4.78 is 27.1. The van der Waals surface area contributed by atoms with E-state index in [9.17, 15) is 8.78 Å². The highest BCUT2D eigenvalue weighted by molar-refractivity contribution is 7.80. The molecule has 2 aromatic rings. The van der Waals surface area contributed by atoms with E-state index in [0.29, 0.717) is 24.2 Å². The number of thiocarbonyl (C=S) groups is 1. The maximum atomic E-state index is 13.6. The Bertz CT molecular complexity index is 658. The zero-order chi connectivity index (χ0) is 15.4. The number of halogens is 2. The van der Waals surface area contributed by atoms with E-state index in [1.165, 1.54) is 18.2 Å². The predicted octanol–water partition coefficient (Wildman–Crippen LogP) is 3.23. The molecule has 0 spiro atoms. The first-order chi connectivity index (χ1) is 9.95. The lowest BCUT2D eigenvalue weighted by Gasteiger charge is -2.17. The van der Waals surface area contributed by atoms with Gasteiger partial charge in [-0.3, -0.25) is 4.90 Å². The first-order valence-electron chi connectivity index (χ1n) is 6.47. The van der Waals surface area contributed by atoms with Gasteiger partial charge in [-0.2, -0.15) is 0 Å². The number of benzene rings is 2. The zero-order valence-corrected chi connectivity index (χ0v) is 12.5. The summed E-state index contributed by atoms with van der Waals surface area (Å²) in [5, 5.41) is 0. The van der Waals surface area contributed by atoms with Crippen LogP contribution < -0.4 is 5.73 Å². The summed E-state index contributed by atoms with van der Waals surface area (Å²) >= 11 is 4.86. The zero-order valence-electron chi connectivity index (χ0n) is 11.6. The van der Waals surface area contributed by atoms with Crippen LogP contribution in [0.25, 0.3) is 0 Å². The monoisotopic (exact) mass is 306 g/mol. The van der Waals surface area contributed by atoms with Crippen molar-refractivity contribution in [3.63, 3.8) is 0 Å². The largest absolute Gasteiger partial charge is 0.389 e. The van der Waals surface area contributed by atoms with Crippen molar-refractivity contribution < 1.29 is 8.78 Å². The molecule has 0 aliphatic heterocycles. The van der Waals surface area contributed by atoms with Gasteiger partial charge in [0.1, 0.15) is 16.6 Å². The van der Waals surface area contributed by atoms with E-state index < -0.39 is 0 Å². The average molecular weight is 306 g/mol. The highest BCUT2D eigenvalue weighted by Gasteiger charge is 2.08. The van der Waals surface area contributed by atoms with Gasteiger partial charge in [-0.05, 0) is 36.9 Å². The van der Waals surface area contributed by atoms with Gasteiger partial charge in [-0.15, -0.1) is 0 Å². The lowest BCUT2D eigenvalue weighted by atomic mass is 10.1. The van der Waals surface area contributed by atoms with Crippen molar-refractivity contribution in [3.05, 3.63) is 70.8 Å². The molecule has 2 aromatic carbocycles. The summed E-state index contributed by atoms with van der Waals surface area (Å²) in [6.45, 7) is 0.910. The second kappa shape index (κ2) is 6.74. The van der Waals surface area contributed by atoms with E-state index in [1.807, 2.05) is 11.9 Å². The van der Waals surface area contributed by atoms with Gasteiger partial charge >= 0.3 is 0 Å². The van der Waals surface area contributed by atoms with Crippen LogP contribution >= 0.6 is 12.2 Å². The molecule has 0 fully saturated rings. The third-order valence-corrected chi connectivity index (χ3v) is 3.33. The minimum absolute atomic E-state index is 0.160. The summed E-state index contributed by atoms with van der Waals surface area (Å²) in [5.74, 6) is -0.623. The summed E-state index contributed by atoms with van der Waals surface area (Å²) in [6.07, 6.45) is 0. The van der Waals surface area contributed by atoms with Crippen molar-refractivity contribution in [3.8, 4) is 0 Å². The van der Waals surface area contributed by atoms with Crippen LogP contribution in [0.5, 0.6) is 0 Å².